The zero-order chi connectivity index (χ0) is 19.9. The van der Waals surface area contributed by atoms with E-state index >= 15 is 0 Å². The van der Waals surface area contributed by atoms with Gasteiger partial charge in [-0.15, -0.1) is 0 Å². The van der Waals surface area contributed by atoms with E-state index in [2.05, 4.69) is 101 Å². The van der Waals surface area contributed by atoms with Crippen LogP contribution in [0.15, 0.2) is 54.6 Å². The van der Waals surface area contributed by atoms with Crippen molar-refractivity contribution < 1.29 is 4.74 Å². The molecule has 2 aromatic carbocycles. The first-order valence-corrected chi connectivity index (χ1v) is 11.3. The van der Waals surface area contributed by atoms with Gasteiger partial charge in [0, 0.05) is 13.1 Å². The summed E-state index contributed by atoms with van der Waals surface area (Å²) >= 11 is 0. The summed E-state index contributed by atoms with van der Waals surface area (Å²) in [7, 11) is -0.282. The van der Waals surface area contributed by atoms with Gasteiger partial charge < -0.3 is 10.1 Å². The minimum absolute atomic E-state index is 0.282. The molecular formula is C24H36NOP. The Hall–Kier alpha value is -1.21. The molecular weight excluding hydrogens is 349 g/mol. The van der Waals surface area contributed by atoms with Gasteiger partial charge in [0.1, 0.15) is 0 Å². The summed E-state index contributed by atoms with van der Waals surface area (Å²) in [5.74, 6) is 0. The fourth-order valence-electron chi connectivity index (χ4n) is 3.78. The Morgan fingerprint density at radius 1 is 0.741 bits per heavy atom. The lowest BCUT2D eigenvalue weighted by Crippen LogP contribution is -2.31. The summed E-state index contributed by atoms with van der Waals surface area (Å²) in [4.78, 5) is 0. The Morgan fingerprint density at radius 2 is 1.26 bits per heavy atom. The molecule has 1 N–H and O–H groups in total. The minimum atomic E-state index is -0.282. The monoisotopic (exact) mass is 385 g/mol. The second kappa shape index (κ2) is 9.82. The number of rotatable bonds is 2. The molecule has 1 saturated heterocycles. The van der Waals surface area contributed by atoms with Crippen molar-refractivity contribution in [3.05, 3.63) is 54.6 Å². The lowest BCUT2D eigenvalue weighted by atomic mass is 10.1. The standard InChI is InChI=1S/C20H27P.C4H9NO/c1-19(2,3)21(20(4,5)6)18-15-11-10-14-17(18)16-12-8-7-9-13-16;1-3-6-4-2-5-1/h7-15H,1-6H3;5H,1-4H2. The van der Waals surface area contributed by atoms with Crippen LogP contribution < -0.4 is 10.6 Å². The summed E-state index contributed by atoms with van der Waals surface area (Å²) in [6.07, 6.45) is 0. The molecule has 0 unspecified atom stereocenters. The Bertz CT molecular complexity index is 656. The molecule has 0 aromatic heterocycles. The maximum atomic E-state index is 5.01. The van der Waals surface area contributed by atoms with Crippen molar-refractivity contribution in [1.29, 1.82) is 0 Å². The van der Waals surface area contributed by atoms with Crippen molar-refractivity contribution in [2.24, 2.45) is 0 Å². The maximum absolute atomic E-state index is 5.01. The van der Waals surface area contributed by atoms with Gasteiger partial charge in [-0.1, -0.05) is 104 Å². The first-order chi connectivity index (χ1) is 12.7. The van der Waals surface area contributed by atoms with Crippen LogP contribution in [0.1, 0.15) is 41.5 Å². The van der Waals surface area contributed by atoms with Crippen LogP contribution >= 0.6 is 7.92 Å². The van der Waals surface area contributed by atoms with E-state index in [-0.39, 0.29) is 7.92 Å². The van der Waals surface area contributed by atoms with Gasteiger partial charge in [0.25, 0.3) is 0 Å². The van der Waals surface area contributed by atoms with Crippen LogP contribution in [-0.2, 0) is 4.74 Å². The van der Waals surface area contributed by atoms with E-state index in [1.807, 2.05) is 0 Å². The highest BCUT2D eigenvalue weighted by molar-refractivity contribution is 7.68. The van der Waals surface area contributed by atoms with Gasteiger partial charge in [-0.25, -0.2) is 0 Å². The fourth-order valence-corrected chi connectivity index (χ4v) is 7.91. The van der Waals surface area contributed by atoms with Crippen molar-refractivity contribution in [3.63, 3.8) is 0 Å². The van der Waals surface area contributed by atoms with Crippen LogP contribution in [0.5, 0.6) is 0 Å². The lowest BCUT2D eigenvalue weighted by Gasteiger charge is -2.42. The van der Waals surface area contributed by atoms with Crippen LogP contribution in [-0.4, -0.2) is 36.6 Å². The van der Waals surface area contributed by atoms with Crippen LogP contribution in [0, 0.1) is 0 Å². The third-order valence-corrected chi connectivity index (χ3v) is 7.97. The number of hydrogen-bond acceptors (Lipinski definition) is 2. The number of nitrogens with one attached hydrogen (secondary N) is 1. The molecule has 3 rings (SSSR count). The fraction of sp³-hybridized carbons (Fsp3) is 0.500. The molecule has 2 nitrogen and oxygen atoms in total. The van der Waals surface area contributed by atoms with E-state index in [9.17, 15) is 0 Å². The Labute approximate surface area is 167 Å². The van der Waals surface area contributed by atoms with Gasteiger partial charge in [-0.05, 0) is 26.7 Å². The smallest absolute Gasteiger partial charge is 0.0591 e. The summed E-state index contributed by atoms with van der Waals surface area (Å²) in [6.45, 7) is 18.1. The van der Waals surface area contributed by atoms with Crippen LogP contribution in [0.4, 0.5) is 0 Å². The Morgan fingerprint density at radius 3 is 1.70 bits per heavy atom. The second-order valence-corrected chi connectivity index (χ2v) is 12.8. The topological polar surface area (TPSA) is 21.3 Å². The first-order valence-electron chi connectivity index (χ1n) is 9.94. The average molecular weight is 386 g/mol. The SMILES string of the molecule is C1COCCN1.CC(C)(C)P(c1ccccc1-c1ccccc1)C(C)(C)C. The summed E-state index contributed by atoms with van der Waals surface area (Å²) in [6, 6.07) is 19.7. The Kier molecular flexibility index (Phi) is 8.04. The van der Waals surface area contributed by atoms with Gasteiger partial charge in [-0.2, -0.15) is 0 Å². The molecule has 0 amide bonds. The van der Waals surface area contributed by atoms with Gasteiger partial charge in [0.15, 0.2) is 0 Å². The predicted molar refractivity (Wildman–Crippen MR) is 122 cm³/mol. The molecule has 0 bridgehead atoms. The zero-order valence-electron chi connectivity index (χ0n) is 17.9. The van der Waals surface area contributed by atoms with Crippen molar-refractivity contribution in [1.82, 2.24) is 5.32 Å². The zero-order valence-corrected chi connectivity index (χ0v) is 18.8. The van der Waals surface area contributed by atoms with Crippen LogP contribution in [0.3, 0.4) is 0 Å². The molecule has 0 saturated carbocycles. The molecule has 1 aliphatic heterocycles. The number of ether oxygens (including phenoxy) is 1. The third kappa shape index (κ3) is 6.71. The molecule has 2 aromatic rings. The number of hydrogen-bond donors (Lipinski definition) is 1. The van der Waals surface area contributed by atoms with Crippen LogP contribution in [0.2, 0.25) is 0 Å². The maximum Gasteiger partial charge on any atom is 0.0591 e. The van der Waals surface area contributed by atoms with Gasteiger partial charge >= 0.3 is 0 Å². The van der Waals surface area contributed by atoms with Crippen molar-refractivity contribution >= 4 is 13.2 Å². The second-order valence-electron chi connectivity index (χ2n) is 8.92. The van der Waals surface area contributed by atoms with Gasteiger partial charge in [-0.3, -0.25) is 0 Å². The van der Waals surface area contributed by atoms with Crippen LogP contribution in [0.25, 0.3) is 11.1 Å². The van der Waals surface area contributed by atoms with Gasteiger partial charge in [0.2, 0.25) is 0 Å². The van der Waals surface area contributed by atoms with Gasteiger partial charge in [0.05, 0.1) is 13.2 Å². The number of benzene rings is 2. The molecule has 1 heterocycles. The van der Waals surface area contributed by atoms with E-state index in [0.29, 0.717) is 10.3 Å². The van der Waals surface area contributed by atoms with Crippen molar-refractivity contribution in [2.75, 3.05) is 26.3 Å². The molecule has 1 fully saturated rings. The molecule has 27 heavy (non-hydrogen) atoms. The van der Waals surface area contributed by atoms with E-state index < -0.39 is 0 Å². The quantitative estimate of drug-likeness (QED) is 0.673. The molecule has 0 spiro atoms. The normalized spacial score (nSPS) is 15.2. The largest absolute Gasteiger partial charge is 0.379 e. The van der Waals surface area contributed by atoms with Crippen molar-refractivity contribution in [2.45, 2.75) is 51.9 Å². The highest BCUT2D eigenvalue weighted by Crippen LogP contribution is 2.59. The molecule has 1 aliphatic rings. The summed E-state index contributed by atoms with van der Waals surface area (Å²) < 4.78 is 5.01. The van der Waals surface area contributed by atoms with Crippen molar-refractivity contribution in [3.8, 4) is 11.1 Å². The highest BCUT2D eigenvalue weighted by atomic mass is 31.1. The van der Waals surface area contributed by atoms with E-state index in [0.717, 1.165) is 26.3 Å². The van der Waals surface area contributed by atoms with E-state index in [1.54, 1.807) is 0 Å². The lowest BCUT2D eigenvalue weighted by molar-refractivity contribution is 0.109. The first kappa shape index (κ1) is 22.1. The Balaban J connectivity index is 0.000000369. The number of morpholine rings is 1. The molecule has 148 valence electrons. The molecule has 3 heteroatoms. The molecule has 0 aliphatic carbocycles. The highest BCUT2D eigenvalue weighted by Gasteiger charge is 2.36. The molecule has 0 atom stereocenters. The predicted octanol–water partition coefficient (Wildman–Crippen LogP) is 5.66. The third-order valence-electron chi connectivity index (χ3n) is 4.42. The minimum Gasteiger partial charge on any atom is -0.379 e. The van der Waals surface area contributed by atoms with E-state index in [1.165, 1.54) is 16.4 Å². The molecule has 0 radical (unpaired) electrons. The van der Waals surface area contributed by atoms with E-state index in [4.69, 9.17) is 4.74 Å². The summed E-state index contributed by atoms with van der Waals surface area (Å²) in [5.41, 5.74) is 2.73. The summed E-state index contributed by atoms with van der Waals surface area (Å²) in [5, 5.41) is 5.27. The average Bonchev–Trinajstić information content (AvgIpc) is 2.63.